The van der Waals surface area contributed by atoms with Crippen LogP contribution < -0.4 is 4.90 Å². The SMILES string of the molecule is CC1(N2CCCCC2)CCN(c2nnc(-c3cccc(CC(F)(F)F)c3)s2)CC1. The minimum absolute atomic E-state index is 0.252. The lowest BCUT2D eigenvalue weighted by atomic mass is 9.86. The molecule has 2 fully saturated rings. The van der Waals surface area contributed by atoms with Gasteiger partial charge in [-0.1, -0.05) is 36.0 Å². The van der Waals surface area contributed by atoms with Crippen LogP contribution in [0.4, 0.5) is 18.3 Å². The van der Waals surface area contributed by atoms with Gasteiger partial charge in [0.15, 0.2) is 0 Å². The van der Waals surface area contributed by atoms with Crippen LogP contribution in [-0.2, 0) is 6.42 Å². The maximum atomic E-state index is 12.7. The monoisotopic (exact) mass is 424 g/mol. The van der Waals surface area contributed by atoms with Crippen LogP contribution in [0.25, 0.3) is 10.6 Å². The molecule has 8 heteroatoms. The Kier molecular flexibility index (Phi) is 5.84. The van der Waals surface area contributed by atoms with Gasteiger partial charge >= 0.3 is 6.18 Å². The molecule has 3 heterocycles. The molecule has 0 bridgehead atoms. The molecule has 0 amide bonds. The van der Waals surface area contributed by atoms with E-state index < -0.39 is 12.6 Å². The first-order valence-corrected chi connectivity index (χ1v) is 11.1. The molecule has 0 atom stereocenters. The summed E-state index contributed by atoms with van der Waals surface area (Å²) in [6.45, 7) is 6.67. The minimum atomic E-state index is -4.21. The van der Waals surface area contributed by atoms with Crippen molar-refractivity contribution in [1.82, 2.24) is 15.1 Å². The Morgan fingerprint density at radius 2 is 1.76 bits per heavy atom. The Morgan fingerprint density at radius 1 is 1.03 bits per heavy atom. The topological polar surface area (TPSA) is 32.3 Å². The third-order valence-corrected chi connectivity index (χ3v) is 7.26. The predicted molar refractivity (Wildman–Crippen MR) is 110 cm³/mol. The molecule has 2 aliphatic heterocycles. The molecule has 0 unspecified atom stereocenters. The molecular formula is C21H27F3N4S. The van der Waals surface area contributed by atoms with E-state index >= 15 is 0 Å². The van der Waals surface area contributed by atoms with Gasteiger partial charge in [0, 0.05) is 24.2 Å². The number of anilines is 1. The number of halogens is 3. The molecule has 29 heavy (non-hydrogen) atoms. The lowest BCUT2D eigenvalue weighted by Gasteiger charge is -2.48. The van der Waals surface area contributed by atoms with E-state index in [0.717, 1.165) is 31.1 Å². The largest absolute Gasteiger partial charge is 0.393 e. The fourth-order valence-electron chi connectivity index (χ4n) is 4.44. The first-order chi connectivity index (χ1) is 13.8. The second-order valence-corrected chi connectivity index (χ2v) is 9.37. The van der Waals surface area contributed by atoms with E-state index in [1.54, 1.807) is 18.2 Å². The van der Waals surface area contributed by atoms with E-state index in [1.807, 2.05) is 0 Å². The van der Waals surface area contributed by atoms with Crippen LogP contribution >= 0.6 is 11.3 Å². The first-order valence-electron chi connectivity index (χ1n) is 10.3. The summed E-state index contributed by atoms with van der Waals surface area (Å²) in [6, 6.07) is 6.53. The third-order valence-electron chi connectivity index (χ3n) is 6.22. The average Bonchev–Trinajstić information content (AvgIpc) is 3.18. The summed E-state index contributed by atoms with van der Waals surface area (Å²) in [6.07, 6.45) is 1.01. The Labute approximate surface area is 173 Å². The molecule has 0 spiro atoms. The van der Waals surface area contributed by atoms with Crippen molar-refractivity contribution in [2.45, 2.75) is 57.2 Å². The molecule has 0 saturated carbocycles. The van der Waals surface area contributed by atoms with Crippen molar-refractivity contribution in [1.29, 1.82) is 0 Å². The molecule has 0 aliphatic carbocycles. The van der Waals surface area contributed by atoms with Crippen molar-refractivity contribution in [3.63, 3.8) is 0 Å². The maximum Gasteiger partial charge on any atom is 0.393 e. The number of hydrogen-bond donors (Lipinski definition) is 0. The number of hydrogen-bond acceptors (Lipinski definition) is 5. The zero-order chi connectivity index (χ0) is 20.5. The number of likely N-dealkylation sites (tertiary alicyclic amines) is 1. The molecule has 1 aromatic carbocycles. The van der Waals surface area contributed by atoms with E-state index in [2.05, 4.69) is 26.9 Å². The summed E-state index contributed by atoms with van der Waals surface area (Å²) >= 11 is 1.46. The second kappa shape index (κ2) is 8.22. The molecule has 158 valence electrons. The number of rotatable bonds is 4. The Bertz CT molecular complexity index is 821. The highest BCUT2D eigenvalue weighted by Crippen LogP contribution is 2.36. The highest BCUT2D eigenvalue weighted by Gasteiger charge is 2.36. The van der Waals surface area contributed by atoms with Gasteiger partial charge in [0.25, 0.3) is 0 Å². The van der Waals surface area contributed by atoms with Gasteiger partial charge in [0.05, 0.1) is 6.42 Å². The van der Waals surface area contributed by atoms with Gasteiger partial charge in [-0.15, -0.1) is 10.2 Å². The zero-order valence-electron chi connectivity index (χ0n) is 16.7. The number of aromatic nitrogens is 2. The second-order valence-electron chi connectivity index (χ2n) is 8.41. The molecule has 2 saturated heterocycles. The van der Waals surface area contributed by atoms with Crippen molar-refractivity contribution in [2.24, 2.45) is 0 Å². The molecule has 2 aromatic rings. The van der Waals surface area contributed by atoms with Gasteiger partial charge in [0.2, 0.25) is 5.13 Å². The lowest BCUT2D eigenvalue weighted by Crippen LogP contribution is -2.55. The number of piperidine rings is 2. The van der Waals surface area contributed by atoms with Crippen molar-refractivity contribution < 1.29 is 13.2 Å². The van der Waals surface area contributed by atoms with Gasteiger partial charge in [-0.05, 0) is 57.3 Å². The van der Waals surface area contributed by atoms with Gasteiger partial charge in [0.1, 0.15) is 5.01 Å². The molecule has 4 rings (SSSR count). The smallest absolute Gasteiger partial charge is 0.347 e. The molecule has 4 nitrogen and oxygen atoms in total. The highest BCUT2D eigenvalue weighted by molar-refractivity contribution is 7.18. The van der Waals surface area contributed by atoms with Crippen LogP contribution in [0.3, 0.4) is 0 Å². The number of alkyl halides is 3. The number of nitrogens with zero attached hydrogens (tertiary/aromatic N) is 4. The van der Waals surface area contributed by atoms with Crippen molar-refractivity contribution in [3.05, 3.63) is 29.8 Å². The van der Waals surface area contributed by atoms with E-state index in [9.17, 15) is 13.2 Å². The average molecular weight is 425 g/mol. The zero-order valence-corrected chi connectivity index (χ0v) is 17.5. The van der Waals surface area contributed by atoms with Crippen molar-refractivity contribution in [2.75, 3.05) is 31.1 Å². The molecule has 2 aliphatic rings. The Balaban J connectivity index is 1.42. The Morgan fingerprint density at radius 3 is 2.45 bits per heavy atom. The standard InChI is InChI=1S/C21H27F3N4S/c1-20(28-10-3-2-4-11-28)8-12-27(13-9-20)19-26-25-18(29-19)17-7-5-6-16(14-17)15-21(22,23)24/h5-7,14H,2-4,8-13,15H2,1H3. The van der Waals surface area contributed by atoms with Crippen molar-refractivity contribution in [3.8, 4) is 10.6 Å². The van der Waals surface area contributed by atoms with Crippen molar-refractivity contribution >= 4 is 16.5 Å². The highest BCUT2D eigenvalue weighted by atomic mass is 32.1. The summed E-state index contributed by atoms with van der Waals surface area (Å²) in [5.41, 5.74) is 1.21. The van der Waals surface area contributed by atoms with Crippen LogP contribution in [0, 0.1) is 0 Å². The van der Waals surface area contributed by atoms with Crippen LogP contribution in [0.15, 0.2) is 24.3 Å². The van der Waals surface area contributed by atoms with Gasteiger partial charge in [-0.25, -0.2) is 0 Å². The summed E-state index contributed by atoms with van der Waals surface area (Å²) in [7, 11) is 0. The quantitative estimate of drug-likeness (QED) is 0.679. The fraction of sp³-hybridized carbons (Fsp3) is 0.619. The van der Waals surface area contributed by atoms with E-state index in [-0.39, 0.29) is 11.1 Å². The predicted octanol–water partition coefficient (Wildman–Crippen LogP) is 5.15. The third kappa shape index (κ3) is 4.91. The summed E-state index contributed by atoms with van der Waals surface area (Å²) in [4.78, 5) is 4.93. The van der Waals surface area contributed by atoms with Crippen LogP contribution in [0.1, 0.15) is 44.6 Å². The van der Waals surface area contributed by atoms with Gasteiger partial charge < -0.3 is 4.90 Å². The normalized spacial score (nSPS) is 20.8. The van der Waals surface area contributed by atoms with Crippen LogP contribution in [0.5, 0.6) is 0 Å². The van der Waals surface area contributed by atoms with Crippen LogP contribution in [0.2, 0.25) is 0 Å². The van der Waals surface area contributed by atoms with Crippen LogP contribution in [-0.4, -0.2) is 53.0 Å². The molecule has 0 N–H and O–H groups in total. The van der Waals surface area contributed by atoms with E-state index in [0.29, 0.717) is 10.6 Å². The molecule has 0 radical (unpaired) electrons. The lowest BCUT2D eigenvalue weighted by molar-refractivity contribution is -0.127. The fourth-order valence-corrected chi connectivity index (χ4v) is 5.33. The van der Waals surface area contributed by atoms with Gasteiger partial charge in [-0.3, -0.25) is 4.90 Å². The Hall–Kier alpha value is -1.67. The number of benzene rings is 1. The minimum Gasteiger partial charge on any atom is -0.347 e. The van der Waals surface area contributed by atoms with E-state index in [4.69, 9.17) is 0 Å². The molecular weight excluding hydrogens is 397 g/mol. The summed E-state index contributed by atoms with van der Waals surface area (Å²) < 4.78 is 38.1. The summed E-state index contributed by atoms with van der Waals surface area (Å²) in [5, 5.41) is 10.1. The van der Waals surface area contributed by atoms with E-state index in [1.165, 1.54) is 49.8 Å². The van der Waals surface area contributed by atoms with Gasteiger partial charge in [-0.2, -0.15) is 13.2 Å². The molecule has 1 aromatic heterocycles. The first kappa shape index (κ1) is 20.6. The summed E-state index contributed by atoms with van der Waals surface area (Å²) in [5.74, 6) is 0. The maximum absolute atomic E-state index is 12.7.